The molecular weight excluding hydrogens is 453 g/mol. The summed E-state index contributed by atoms with van der Waals surface area (Å²) in [4.78, 5) is 17.8. The molecule has 0 aliphatic carbocycles. The fraction of sp³-hybridized carbons (Fsp3) is 0.0400. The number of nitrogens with zero attached hydrogens (tertiary/aromatic N) is 1. The van der Waals surface area contributed by atoms with Gasteiger partial charge in [-0.1, -0.05) is 48.0 Å². The summed E-state index contributed by atoms with van der Waals surface area (Å²) >= 11 is 6.02. The van der Waals surface area contributed by atoms with E-state index in [1.165, 1.54) is 0 Å². The SMILES string of the molecule is O=C(Nc1ccc(C(F)(F)F)cc1Cl)c1cc(-c2cc3ccccc3o2)nc2ccccc12. The van der Waals surface area contributed by atoms with E-state index < -0.39 is 17.6 Å². The van der Waals surface area contributed by atoms with Gasteiger partial charge in [0, 0.05) is 10.8 Å². The van der Waals surface area contributed by atoms with Crippen molar-refractivity contribution in [2.45, 2.75) is 6.18 Å². The van der Waals surface area contributed by atoms with Crippen LogP contribution in [0.1, 0.15) is 15.9 Å². The van der Waals surface area contributed by atoms with E-state index in [2.05, 4.69) is 10.3 Å². The number of carbonyl (C=O) groups excluding carboxylic acids is 1. The molecule has 2 heterocycles. The Kier molecular flexibility index (Phi) is 5.06. The van der Waals surface area contributed by atoms with E-state index in [-0.39, 0.29) is 16.3 Å². The maximum atomic E-state index is 13.2. The van der Waals surface area contributed by atoms with Crippen LogP contribution < -0.4 is 5.32 Å². The number of pyridine rings is 1. The Labute approximate surface area is 190 Å². The molecule has 3 aromatic carbocycles. The van der Waals surface area contributed by atoms with E-state index in [4.69, 9.17) is 16.0 Å². The minimum atomic E-state index is -4.53. The first-order chi connectivity index (χ1) is 15.8. The normalized spacial score (nSPS) is 11.8. The molecule has 33 heavy (non-hydrogen) atoms. The van der Waals surface area contributed by atoms with Crippen LogP contribution in [0.15, 0.2) is 83.3 Å². The zero-order valence-corrected chi connectivity index (χ0v) is 17.5. The number of carbonyl (C=O) groups is 1. The van der Waals surface area contributed by atoms with Crippen molar-refractivity contribution in [2.75, 3.05) is 5.32 Å². The monoisotopic (exact) mass is 466 g/mol. The van der Waals surface area contributed by atoms with Crippen molar-refractivity contribution < 1.29 is 22.4 Å². The molecule has 0 bridgehead atoms. The lowest BCUT2D eigenvalue weighted by Crippen LogP contribution is -2.14. The Morgan fingerprint density at radius 2 is 1.70 bits per heavy atom. The van der Waals surface area contributed by atoms with Crippen molar-refractivity contribution in [3.63, 3.8) is 0 Å². The minimum Gasteiger partial charge on any atom is -0.454 e. The van der Waals surface area contributed by atoms with Gasteiger partial charge in [0.1, 0.15) is 11.3 Å². The van der Waals surface area contributed by atoms with Crippen LogP contribution in [-0.4, -0.2) is 10.9 Å². The molecular formula is C25H14ClF3N2O2. The van der Waals surface area contributed by atoms with Crippen LogP contribution in [0.25, 0.3) is 33.3 Å². The topological polar surface area (TPSA) is 55.1 Å². The molecule has 0 saturated heterocycles. The summed E-state index contributed by atoms with van der Waals surface area (Å²) < 4.78 is 44.7. The third-order valence-corrected chi connectivity index (χ3v) is 5.50. The summed E-state index contributed by atoms with van der Waals surface area (Å²) in [6.45, 7) is 0. The van der Waals surface area contributed by atoms with Crippen molar-refractivity contribution in [3.8, 4) is 11.5 Å². The number of furan rings is 1. The fourth-order valence-electron chi connectivity index (χ4n) is 3.58. The largest absolute Gasteiger partial charge is 0.454 e. The zero-order chi connectivity index (χ0) is 23.2. The number of alkyl halides is 3. The predicted octanol–water partition coefficient (Wildman–Crippen LogP) is 7.57. The first-order valence-corrected chi connectivity index (χ1v) is 10.2. The quantitative estimate of drug-likeness (QED) is 0.298. The first-order valence-electron chi connectivity index (χ1n) is 9.86. The van der Waals surface area contributed by atoms with Gasteiger partial charge in [-0.2, -0.15) is 13.2 Å². The lowest BCUT2D eigenvalue weighted by molar-refractivity contribution is -0.137. The highest BCUT2D eigenvalue weighted by atomic mass is 35.5. The van der Waals surface area contributed by atoms with Gasteiger partial charge in [-0.25, -0.2) is 4.98 Å². The molecule has 0 unspecified atom stereocenters. The average molecular weight is 467 g/mol. The summed E-state index contributed by atoms with van der Waals surface area (Å²) in [5.74, 6) is -0.0452. The minimum absolute atomic E-state index is 0.0702. The number of hydrogen-bond acceptors (Lipinski definition) is 3. The zero-order valence-electron chi connectivity index (χ0n) is 16.8. The Hall–Kier alpha value is -3.84. The molecule has 2 aromatic heterocycles. The number of hydrogen-bond donors (Lipinski definition) is 1. The Morgan fingerprint density at radius 3 is 2.45 bits per heavy atom. The van der Waals surface area contributed by atoms with Crippen LogP contribution in [-0.2, 0) is 6.18 Å². The number of fused-ring (bicyclic) bond motifs is 2. The lowest BCUT2D eigenvalue weighted by Gasteiger charge is -2.12. The number of nitrogens with one attached hydrogen (secondary N) is 1. The smallest absolute Gasteiger partial charge is 0.416 e. The molecule has 1 N–H and O–H groups in total. The number of aromatic nitrogens is 1. The van der Waals surface area contributed by atoms with Crippen LogP contribution in [0.2, 0.25) is 5.02 Å². The van der Waals surface area contributed by atoms with E-state index in [9.17, 15) is 18.0 Å². The second-order valence-corrected chi connectivity index (χ2v) is 7.77. The number of benzene rings is 3. The van der Waals surface area contributed by atoms with Gasteiger partial charge < -0.3 is 9.73 Å². The highest BCUT2D eigenvalue weighted by Crippen LogP contribution is 2.35. The van der Waals surface area contributed by atoms with Gasteiger partial charge in [-0.05, 0) is 42.5 Å². The van der Waals surface area contributed by atoms with E-state index in [0.717, 1.165) is 23.6 Å². The van der Waals surface area contributed by atoms with Crippen LogP contribution in [0, 0.1) is 0 Å². The molecule has 164 valence electrons. The fourth-order valence-corrected chi connectivity index (χ4v) is 3.81. The summed E-state index contributed by atoms with van der Waals surface area (Å²) in [6.07, 6.45) is -4.53. The summed E-state index contributed by atoms with van der Waals surface area (Å²) in [7, 11) is 0. The maximum Gasteiger partial charge on any atom is 0.416 e. The highest BCUT2D eigenvalue weighted by molar-refractivity contribution is 6.34. The van der Waals surface area contributed by atoms with Crippen molar-refractivity contribution in [3.05, 3.63) is 95.0 Å². The standard InChI is InChI=1S/C25H14ClF3N2O2/c26-18-12-15(25(27,28)29)9-10-20(18)31-24(32)17-13-21(30-19-7-3-2-6-16(17)19)23-11-14-5-1-4-8-22(14)33-23/h1-13H,(H,31,32). The van der Waals surface area contributed by atoms with Crippen LogP contribution >= 0.6 is 11.6 Å². The molecule has 0 fully saturated rings. The molecule has 0 aliphatic heterocycles. The van der Waals surface area contributed by atoms with E-state index in [1.807, 2.05) is 30.3 Å². The van der Waals surface area contributed by atoms with Gasteiger partial charge in [-0.3, -0.25) is 4.79 Å². The van der Waals surface area contributed by atoms with Gasteiger partial charge in [-0.15, -0.1) is 0 Å². The Morgan fingerprint density at radius 1 is 0.939 bits per heavy atom. The van der Waals surface area contributed by atoms with Crippen molar-refractivity contribution in [2.24, 2.45) is 0 Å². The summed E-state index contributed by atoms with van der Waals surface area (Å²) in [6, 6.07) is 20.8. The molecule has 4 nitrogen and oxygen atoms in total. The van der Waals surface area contributed by atoms with E-state index >= 15 is 0 Å². The number of rotatable bonds is 3. The lowest BCUT2D eigenvalue weighted by atomic mass is 10.1. The number of halogens is 4. The van der Waals surface area contributed by atoms with Crippen LogP contribution in [0.3, 0.4) is 0 Å². The second kappa shape index (κ2) is 7.94. The predicted molar refractivity (Wildman–Crippen MR) is 121 cm³/mol. The molecule has 5 aromatic rings. The third kappa shape index (κ3) is 4.03. The first kappa shape index (κ1) is 21.0. The van der Waals surface area contributed by atoms with Gasteiger partial charge >= 0.3 is 6.18 Å². The molecule has 0 aliphatic rings. The molecule has 0 atom stereocenters. The highest BCUT2D eigenvalue weighted by Gasteiger charge is 2.31. The van der Waals surface area contributed by atoms with Crippen molar-refractivity contribution in [1.29, 1.82) is 0 Å². The van der Waals surface area contributed by atoms with E-state index in [0.29, 0.717) is 27.9 Å². The maximum absolute atomic E-state index is 13.2. The van der Waals surface area contributed by atoms with Gasteiger partial charge in [0.25, 0.3) is 5.91 Å². The van der Waals surface area contributed by atoms with Crippen molar-refractivity contribution in [1.82, 2.24) is 4.98 Å². The third-order valence-electron chi connectivity index (χ3n) is 5.18. The molecule has 0 saturated carbocycles. The second-order valence-electron chi connectivity index (χ2n) is 7.37. The molecule has 1 amide bonds. The molecule has 5 rings (SSSR count). The number of amides is 1. The van der Waals surface area contributed by atoms with Crippen molar-refractivity contribution >= 4 is 45.1 Å². The average Bonchev–Trinajstić information content (AvgIpc) is 3.23. The Balaban J connectivity index is 1.56. The number of anilines is 1. The molecule has 0 spiro atoms. The van der Waals surface area contributed by atoms with E-state index in [1.54, 1.807) is 30.3 Å². The molecule has 0 radical (unpaired) electrons. The van der Waals surface area contributed by atoms with Gasteiger partial charge in [0.15, 0.2) is 5.76 Å². The molecule has 8 heteroatoms. The van der Waals surface area contributed by atoms with Gasteiger partial charge in [0.2, 0.25) is 0 Å². The van der Waals surface area contributed by atoms with Gasteiger partial charge in [0.05, 0.1) is 27.4 Å². The summed E-state index contributed by atoms with van der Waals surface area (Å²) in [5.41, 5.74) is 1.16. The summed E-state index contributed by atoms with van der Waals surface area (Å²) in [5, 5.41) is 3.87. The number of para-hydroxylation sites is 2. The van der Waals surface area contributed by atoms with Crippen LogP contribution in [0.4, 0.5) is 18.9 Å². The van der Waals surface area contributed by atoms with Crippen LogP contribution in [0.5, 0.6) is 0 Å². The Bertz CT molecular complexity index is 1490.